The predicted octanol–water partition coefficient (Wildman–Crippen LogP) is 1.52. The fourth-order valence-corrected chi connectivity index (χ4v) is 0.712. The molecule has 0 atom stereocenters. The van der Waals surface area contributed by atoms with E-state index in [0.717, 1.165) is 6.29 Å². The summed E-state index contributed by atoms with van der Waals surface area (Å²) in [5.74, 6) is -0.0283. The van der Waals surface area contributed by atoms with Crippen molar-refractivity contribution >= 4 is 12.1 Å². The molecule has 0 heterocycles. The highest BCUT2D eigenvalue weighted by atomic mass is 16.5. The molecule has 0 rings (SSSR count). The summed E-state index contributed by atoms with van der Waals surface area (Å²) in [7, 11) is 0. The molecule has 0 bridgehead atoms. The second-order valence-electron chi connectivity index (χ2n) is 2.96. The lowest BCUT2D eigenvalue weighted by atomic mass is 10.2. The third kappa shape index (κ3) is 8.95. The molecule has 3 nitrogen and oxygen atoms in total. The van der Waals surface area contributed by atoms with E-state index >= 15 is 0 Å². The first-order valence-electron chi connectivity index (χ1n) is 4.41. The molecule has 0 spiro atoms. The van der Waals surface area contributed by atoms with Gasteiger partial charge in [-0.25, -0.2) is 0 Å². The fraction of sp³-hybridized carbons (Fsp3) is 0.600. The minimum Gasteiger partial charge on any atom is -0.375 e. The van der Waals surface area contributed by atoms with Gasteiger partial charge in [-0.15, -0.1) is 0 Å². The van der Waals surface area contributed by atoms with Crippen molar-refractivity contribution in [1.82, 2.24) is 0 Å². The summed E-state index contributed by atoms with van der Waals surface area (Å²) >= 11 is 0. The number of rotatable bonds is 7. The maximum Gasteiger partial charge on any atom is 0.155 e. The van der Waals surface area contributed by atoms with Gasteiger partial charge in [-0.1, -0.05) is 6.08 Å². The first kappa shape index (κ1) is 12.0. The quantitative estimate of drug-likeness (QED) is 0.445. The molecule has 0 aromatic carbocycles. The van der Waals surface area contributed by atoms with Gasteiger partial charge in [-0.05, 0) is 19.9 Å². The summed E-state index contributed by atoms with van der Waals surface area (Å²) < 4.78 is 5.19. The number of hydrogen-bond acceptors (Lipinski definition) is 3. The molecule has 0 radical (unpaired) electrons. The second kappa shape index (κ2) is 7.68. The highest BCUT2D eigenvalue weighted by Crippen LogP contribution is 1.91. The van der Waals surface area contributed by atoms with Crippen LogP contribution in [0, 0.1) is 0 Å². The Morgan fingerprint density at radius 2 is 2.15 bits per heavy atom. The van der Waals surface area contributed by atoms with Gasteiger partial charge in [0.05, 0.1) is 12.7 Å². The molecule has 0 aliphatic rings. The van der Waals surface area contributed by atoms with E-state index in [9.17, 15) is 9.59 Å². The summed E-state index contributed by atoms with van der Waals surface area (Å²) in [6, 6.07) is 0. The number of aldehydes is 1. The summed E-state index contributed by atoms with van der Waals surface area (Å²) in [4.78, 5) is 20.9. The normalized spacial score (nSPS) is 11.0. The summed E-state index contributed by atoms with van der Waals surface area (Å²) in [6.07, 6.45) is 4.65. The molecule has 74 valence electrons. The molecule has 3 heteroatoms. The van der Waals surface area contributed by atoms with Crippen LogP contribution in [0.5, 0.6) is 0 Å². The summed E-state index contributed by atoms with van der Waals surface area (Å²) in [6.45, 7) is 4.31. The zero-order chi connectivity index (χ0) is 10.1. The van der Waals surface area contributed by atoms with E-state index in [-0.39, 0.29) is 11.9 Å². The predicted molar refractivity (Wildman–Crippen MR) is 50.5 cm³/mol. The maximum atomic E-state index is 10.9. The van der Waals surface area contributed by atoms with Crippen molar-refractivity contribution in [3.05, 3.63) is 12.2 Å². The standard InChI is InChI=1S/C10H16O3/c1-9(2)13-8-4-6-10(12)5-3-7-11/h4,6-7,9H,3,5,8H2,1-2H3. The summed E-state index contributed by atoms with van der Waals surface area (Å²) in [5.41, 5.74) is 0. The first-order chi connectivity index (χ1) is 6.16. The number of carbonyl (C=O) groups is 2. The van der Waals surface area contributed by atoms with Crippen LogP contribution in [0.15, 0.2) is 12.2 Å². The van der Waals surface area contributed by atoms with Crippen LogP contribution < -0.4 is 0 Å². The van der Waals surface area contributed by atoms with E-state index < -0.39 is 0 Å². The molecule has 0 unspecified atom stereocenters. The van der Waals surface area contributed by atoms with Crippen LogP contribution in [0.2, 0.25) is 0 Å². The van der Waals surface area contributed by atoms with Gasteiger partial charge in [0, 0.05) is 12.8 Å². The van der Waals surface area contributed by atoms with E-state index in [0.29, 0.717) is 19.4 Å². The highest BCUT2D eigenvalue weighted by molar-refractivity contribution is 5.90. The van der Waals surface area contributed by atoms with Crippen molar-refractivity contribution in [3.63, 3.8) is 0 Å². The molecular weight excluding hydrogens is 168 g/mol. The minimum absolute atomic E-state index is 0.0283. The monoisotopic (exact) mass is 184 g/mol. The zero-order valence-corrected chi connectivity index (χ0v) is 8.16. The third-order valence-electron chi connectivity index (χ3n) is 1.34. The SMILES string of the molecule is CC(C)OCC=CC(=O)CCC=O. The van der Waals surface area contributed by atoms with Crippen molar-refractivity contribution in [1.29, 1.82) is 0 Å². The van der Waals surface area contributed by atoms with Crippen molar-refractivity contribution in [2.75, 3.05) is 6.61 Å². The second-order valence-corrected chi connectivity index (χ2v) is 2.96. The highest BCUT2D eigenvalue weighted by Gasteiger charge is 1.94. The van der Waals surface area contributed by atoms with Gasteiger partial charge in [0.25, 0.3) is 0 Å². The molecule has 0 saturated heterocycles. The molecule has 0 saturated carbocycles. The van der Waals surface area contributed by atoms with E-state index in [1.807, 2.05) is 13.8 Å². The molecule has 0 aromatic rings. The number of hydrogen-bond donors (Lipinski definition) is 0. The van der Waals surface area contributed by atoms with Crippen molar-refractivity contribution in [2.45, 2.75) is 32.8 Å². The van der Waals surface area contributed by atoms with Crippen LogP contribution in [0.4, 0.5) is 0 Å². The molecule has 0 N–H and O–H groups in total. The Hall–Kier alpha value is -0.960. The summed E-state index contributed by atoms with van der Waals surface area (Å²) in [5, 5.41) is 0. The van der Waals surface area contributed by atoms with Gasteiger partial charge >= 0.3 is 0 Å². The maximum absolute atomic E-state index is 10.9. The smallest absolute Gasteiger partial charge is 0.155 e. The Morgan fingerprint density at radius 1 is 1.46 bits per heavy atom. The third-order valence-corrected chi connectivity index (χ3v) is 1.34. The Balaban J connectivity index is 3.47. The van der Waals surface area contributed by atoms with Crippen LogP contribution in [-0.2, 0) is 14.3 Å². The van der Waals surface area contributed by atoms with Crippen LogP contribution in [0.25, 0.3) is 0 Å². The van der Waals surface area contributed by atoms with E-state index in [4.69, 9.17) is 4.74 Å². The zero-order valence-electron chi connectivity index (χ0n) is 8.16. The lowest BCUT2D eigenvalue weighted by Crippen LogP contribution is -2.02. The van der Waals surface area contributed by atoms with E-state index in [1.54, 1.807) is 6.08 Å². The lowest BCUT2D eigenvalue weighted by molar-refractivity contribution is -0.117. The van der Waals surface area contributed by atoms with Gasteiger partial charge in [0.2, 0.25) is 0 Å². The largest absolute Gasteiger partial charge is 0.375 e. The lowest BCUT2D eigenvalue weighted by Gasteiger charge is -2.02. The molecular formula is C10H16O3. The molecule has 0 aromatic heterocycles. The number of ether oxygens (including phenoxy) is 1. The fourth-order valence-electron chi connectivity index (χ4n) is 0.712. The van der Waals surface area contributed by atoms with Gasteiger partial charge in [0.15, 0.2) is 5.78 Å². The van der Waals surface area contributed by atoms with Gasteiger partial charge in [-0.2, -0.15) is 0 Å². The van der Waals surface area contributed by atoms with Gasteiger partial charge in [-0.3, -0.25) is 4.79 Å². The molecule has 0 amide bonds. The topological polar surface area (TPSA) is 43.4 Å². The number of allylic oxidation sites excluding steroid dienone is 1. The van der Waals surface area contributed by atoms with Crippen LogP contribution in [0.1, 0.15) is 26.7 Å². The van der Waals surface area contributed by atoms with Crippen molar-refractivity contribution < 1.29 is 14.3 Å². The first-order valence-corrected chi connectivity index (χ1v) is 4.41. The molecule has 0 aliphatic carbocycles. The Bertz CT molecular complexity index is 183. The number of carbonyl (C=O) groups excluding carboxylic acids is 2. The van der Waals surface area contributed by atoms with E-state index in [1.165, 1.54) is 6.08 Å². The van der Waals surface area contributed by atoms with Gasteiger partial charge in [0.1, 0.15) is 6.29 Å². The van der Waals surface area contributed by atoms with E-state index in [2.05, 4.69) is 0 Å². The molecule has 13 heavy (non-hydrogen) atoms. The Labute approximate surface area is 78.8 Å². The molecule has 0 aliphatic heterocycles. The minimum atomic E-state index is -0.0283. The van der Waals surface area contributed by atoms with Crippen LogP contribution >= 0.6 is 0 Å². The average molecular weight is 184 g/mol. The van der Waals surface area contributed by atoms with Crippen LogP contribution in [-0.4, -0.2) is 24.8 Å². The Kier molecular flexibility index (Phi) is 7.11. The average Bonchev–Trinajstić information content (AvgIpc) is 2.08. The Morgan fingerprint density at radius 3 is 2.69 bits per heavy atom. The van der Waals surface area contributed by atoms with Crippen molar-refractivity contribution in [2.24, 2.45) is 0 Å². The van der Waals surface area contributed by atoms with Gasteiger partial charge < -0.3 is 9.53 Å². The van der Waals surface area contributed by atoms with Crippen molar-refractivity contribution in [3.8, 4) is 0 Å². The van der Waals surface area contributed by atoms with Crippen LogP contribution in [0.3, 0.4) is 0 Å². The number of ketones is 1. The molecule has 0 fully saturated rings.